The summed E-state index contributed by atoms with van der Waals surface area (Å²) in [6.07, 6.45) is 0. The normalized spacial score (nSPS) is 18.6. The average molecular weight is 285 g/mol. The van der Waals surface area contributed by atoms with Crippen molar-refractivity contribution in [1.82, 2.24) is 4.98 Å². The van der Waals surface area contributed by atoms with Crippen LogP contribution in [0.15, 0.2) is 12.1 Å². The molecule has 2 heterocycles. The minimum Gasteiger partial charge on any atom is -0.389 e. The zero-order chi connectivity index (χ0) is 13.3. The SMILES string of the molecule is Cc1cc(C(N)=S)cc(N2CCS(=O)(=O)CC2)n1. The van der Waals surface area contributed by atoms with Crippen LogP contribution in [0.2, 0.25) is 0 Å². The summed E-state index contributed by atoms with van der Waals surface area (Å²) in [4.78, 5) is 6.68. The summed E-state index contributed by atoms with van der Waals surface area (Å²) in [7, 11) is -2.88. The van der Waals surface area contributed by atoms with Gasteiger partial charge in [0.25, 0.3) is 0 Å². The van der Waals surface area contributed by atoms with E-state index in [4.69, 9.17) is 18.0 Å². The molecule has 1 saturated heterocycles. The van der Waals surface area contributed by atoms with Crippen molar-refractivity contribution in [2.75, 3.05) is 29.5 Å². The molecule has 2 N–H and O–H groups in total. The lowest BCUT2D eigenvalue weighted by Crippen LogP contribution is -2.40. The van der Waals surface area contributed by atoms with Gasteiger partial charge >= 0.3 is 0 Å². The van der Waals surface area contributed by atoms with E-state index in [0.29, 0.717) is 18.1 Å². The molecule has 0 spiro atoms. The fraction of sp³-hybridized carbons (Fsp3) is 0.455. The van der Waals surface area contributed by atoms with Gasteiger partial charge in [0, 0.05) is 24.3 Å². The molecule has 98 valence electrons. The Labute approximate surface area is 112 Å². The molecule has 2 rings (SSSR count). The van der Waals surface area contributed by atoms with Gasteiger partial charge in [0.05, 0.1) is 11.5 Å². The third kappa shape index (κ3) is 2.97. The van der Waals surface area contributed by atoms with Gasteiger partial charge in [-0.3, -0.25) is 0 Å². The molecule has 7 heteroatoms. The maximum absolute atomic E-state index is 11.4. The van der Waals surface area contributed by atoms with Gasteiger partial charge in [0.15, 0.2) is 9.84 Å². The molecule has 0 amide bonds. The lowest BCUT2D eigenvalue weighted by Gasteiger charge is -2.28. The molecule has 0 aliphatic carbocycles. The van der Waals surface area contributed by atoms with Gasteiger partial charge < -0.3 is 10.6 Å². The number of aryl methyl sites for hydroxylation is 1. The van der Waals surface area contributed by atoms with E-state index in [0.717, 1.165) is 17.1 Å². The summed E-state index contributed by atoms with van der Waals surface area (Å²) in [5, 5.41) is 0. The van der Waals surface area contributed by atoms with E-state index in [2.05, 4.69) is 4.98 Å². The summed E-state index contributed by atoms with van der Waals surface area (Å²) in [5.41, 5.74) is 7.20. The summed E-state index contributed by atoms with van der Waals surface area (Å²) in [5.74, 6) is 1.09. The second-order valence-electron chi connectivity index (χ2n) is 4.36. The monoisotopic (exact) mass is 285 g/mol. The Kier molecular flexibility index (Phi) is 3.54. The van der Waals surface area contributed by atoms with E-state index in [-0.39, 0.29) is 11.5 Å². The number of nitrogens with two attached hydrogens (primary N) is 1. The van der Waals surface area contributed by atoms with E-state index < -0.39 is 9.84 Å². The van der Waals surface area contributed by atoms with Crippen molar-refractivity contribution in [3.05, 3.63) is 23.4 Å². The molecule has 5 nitrogen and oxygen atoms in total. The van der Waals surface area contributed by atoms with Crippen LogP contribution in [0.3, 0.4) is 0 Å². The first-order chi connectivity index (χ1) is 8.37. The Morgan fingerprint density at radius 3 is 2.56 bits per heavy atom. The number of thiocarbonyl (C=S) groups is 1. The fourth-order valence-corrected chi connectivity index (χ4v) is 3.22. The minimum absolute atomic E-state index is 0.172. The van der Waals surface area contributed by atoms with Crippen molar-refractivity contribution in [1.29, 1.82) is 0 Å². The summed E-state index contributed by atoms with van der Waals surface area (Å²) >= 11 is 4.95. The Morgan fingerprint density at radius 2 is 2.00 bits per heavy atom. The predicted octanol–water partition coefficient (Wildman–Crippen LogP) is 0.259. The van der Waals surface area contributed by atoms with Gasteiger partial charge in [0.2, 0.25) is 0 Å². The number of aromatic nitrogens is 1. The molecule has 1 aromatic rings. The topological polar surface area (TPSA) is 76.3 Å². The van der Waals surface area contributed by atoms with Gasteiger partial charge in [-0.05, 0) is 19.1 Å². The van der Waals surface area contributed by atoms with Crippen molar-refractivity contribution in [2.24, 2.45) is 5.73 Å². The Balaban J connectivity index is 2.26. The number of rotatable bonds is 2. The van der Waals surface area contributed by atoms with E-state index in [1.54, 1.807) is 0 Å². The van der Waals surface area contributed by atoms with Crippen LogP contribution >= 0.6 is 12.2 Å². The molecule has 0 bridgehead atoms. The lowest BCUT2D eigenvalue weighted by molar-refractivity contribution is 0.586. The average Bonchev–Trinajstić information content (AvgIpc) is 2.28. The summed E-state index contributed by atoms with van der Waals surface area (Å²) < 4.78 is 22.8. The number of hydrogen-bond acceptors (Lipinski definition) is 5. The van der Waals surface area contributed by atoms with Crippen LogP contribution in [0.5, 0.6) is 0 Å². The molecule has 0 saturated carbocycles. The Hall–Kier alpha value is -1.21. The highest BCUT2D eigenvalue weighted by atomic mass is 32.2. The Morgan fingerprint density at radius 1 is 1.39 bits per heavy atom. The van der Waals surface area contributed by atoms with Gasteiger partial charge in [-0.25, -0.2) is 13.4 Å². The zero-order valence-corrected chi connectivity index (χ0v) is 11.7. The first-order valence-electron chi connectivity index (χ1n) is 5.61. The highest BCUT2D eigenvalue weighted by molar-refractivity contribution is 7.91. The lowest BCUT2D eigenvalue weighted by atomic mass is 10.2. The van der Waals surface area contributed by atoms with E-state index in [1.165, 1.54) is 0 Å². The molecule has 1 fully saturated rings. The third-order valence-corrected chi connectivity index (χ3v) is 4.74. The highest BCUT2D eigenvalue weighted by Crippen LogP contribution is 2.17. The molecule has 1 aliphatic heterocycles. The number of pyridine rings is 1. The largest absolute Gasteiger partial charge is 0.389 e. The maximum atomic E-state index is 11.4. The smallest absolute Gasteiger partial charge is 0.153 e. The molecule has 1 aromatic heterocycles. The second kappa shape index (κ2) is 4.81. The number of anilines is 1. The first-order valence-corrected chi connectivity index (χ1v) is 7.84. The van der Waals surface area contributed by atoms with Crippen molar-refractivity contribution in [2.45, 2.75) is 6.92 Å². The van der Waals surface area contributed by atoms with Gasteiger partial charge in [-0.2, -0.15) is 0 Å². The fourth-order valence-electron chi connectivity index (χ4n) is 1.90. The summed E-state index contributed by atoms with van der Waals surface area (Å²) in [6, 6.07) is 3.64. The zero-order valence-electron chi connectivity index (χ0n) is 10.1. The van der Waals surface area contributed by atoms with Crippen molar-refractivity contribution in [3.63, 3.8) is 0 Å². The van der Waals surface area contributed by atoms with Crippen LogP contribution in [0, 0.1) is 6.92 Å². The number of nitrogens with zero attached hydrogens (tertiary/aromatic N) is 2. The standard InChI is InChI=1S/C11H15N3O2S2/c1-8-6-9(11(12)17)7-10(13-8)14-2-4-18(15,16)5-3-14/h6-7H,2-5H2,1H3,(H2,12,17). The van der Waals surface area contributed by atoms with Crippen molar-refractivity contribution < 1.29 is 8.42 Å². The molecular weight excluding hydrogens is 270 g/mol. The van der Waals surface area contributed by atoms with E-state index in [1.807, 2.05) is 24.0 Å². The van der Waals surface area contributed by atoms with Gasteiger partial charge in [0.1, 0.15) is 10.8 Å². The quantitative estimate of drug-likeness (QED) is 0.786. The van der Waals surface area contributed by atoms with Crippen LogP contribution in [-0.2, 0) is 9.84 Å². The van der Waals surface area contributed by atoms with Crippen molar-refractivity contribution >= 4 is 32.9 Å². The molecule has 0 unspecified atom stereocenters. The third-order valence-electron chi connectivity index (χ3n) is 2.89. The van der Waals surface area contributed by atoms with E-state index in [9.17, 15) is 8.42 Å². The summed E-state index contributed by atoms with van der Waals surface area (Å²) in [6.45, 7) is 2.80. The molecule has 0 atom stereocenters. The molecule has 0 radical (unpaired) electrons. The molecular formula is C11H15N3O2S2. The van der Waals surface area contributed by atoms with Crippen LogP contribution < -0.4 is 10.6 Å². The molecule has 0 aromatic carbocycles. The van der Waals surface area contributed by atoms with Crippen LogP contribution in [0.4, 0.5) is 5.82 Å². The van der Waals surface area contributed by atoms with Crippen LogP contribution in [-0.4, -0.2) is 43.0 Å². The predicted molar refractivity (Wildman–Crippen MR) is 75.7 cm³/mol. The Bertz CT molecular complexity index is 570. The number of sulfone groups is 1. The van der Waals surface area contributed by atoms with Crippen LogP contribution in [0.1, 0.15) is 11.3 Å². The van der Waals surface area contributed by atoms with Crippen molar-refractivity contribution in [3.8, 4) is 0 Å². The first kappa shape index (κ1) is 13.2. The number of hydrogen-bond donors (Lipinski definition) is 1. The second-order valence-corrected chi connectivity index (χ2v) is 7.10. The highest BCUT2D eigenvalue weighted by Gasteiger charge is 2.22. The maximum Gasteiger partial charge on any atom is 0.153 e. The van der Waals surface area contributed by atoms with Gasteiger partial charge in [-0.1, -0.05) is 12.2 Å². The van der Waals surface area contributed by atoms with E-state index >= 15 is 0 Å². The molecule has 1 aliphatic rings. The molecule has 18 heavy (non-hydrogen) atoms. The van der Waals surface area contributed by atoms with Crippen LogP contribution in [0.25, 0.3) is 0 Å². The van der Waals surface area contributed by atoms with Gasteiger partial charge in [-0.15, -0.1) is 0 Å². The minimum atomic E-state index is -2.88.